The summed E-state index contributed by atoms with van der Waals surface area (Å²) in [6.07, 6.45) is -0.340. The minimum atomic E-state index is -0.340. The van der Waals surface area contributed by atoms with E-state index >= 15 is 0 Å². The average Bonchev–Trinajstić information content (AvgIpc) is 1.54. The van der Waals surface area contributed by atoms with Gasteiger partial charge in [0.05, 0.1) is 72.9 Å². The third-order valence-corrected chi connectivity index (χ3v) is 19.0. The topological polar surface area (TPSA) is 45.7 Å². The van der Waals surface area contributed by atoms with Crippen molar-refractivity contribution >= 4 is 78.1 Å². The first kappa shape index (κ1) is 53.4. The van der Waals surface area contributed by atoms with Crippen molar-refractivity contribution in [3.8, 4) is 67.0 Å². The van der Waals surface area contributed by atoms with Crippen molar-refractivity contribution in [2.24, 2.45) is 0 Å². The zero-order valence-electron chi connectivity index (χ0n) is 51.7. The Morgan fingerprint density at radius 3 is 1.34 bits per heavy atom. The fourth-order valence-electron chi connectivity index (χ4n) is 14.5. The molecule has 1 N–H and O–H groups in total. The van der Waals surface area contributed by atoms with Crippen molar-refractivity contribution in [2.75, 3.05) is 15.1 Å². The molecule has 12 aromatic carbocycles. The Hall–Kier alpha value is -10.9. The fraction of sp³-hybridized carbons (Fsp3) is 0.120. The Morgan fingerprint density at radius 1 is 0.344 bits per heavy atom. The molecule has 7 heteroatoms. The van der Waals surface area contributed by atoms with Gasteiger partial charge in [0.15, 0.2) is 6.29 Å². The first-order valence-corrected chi connectivity index (χ1v) is 31.5. The van der Waals surface area contributed by atoms with E-state index in [0.29, 0.717) is 0 Å². The van der Waals surface area contributed by atoms with Gasteiger partial charge in [0.25, 0.3) is 0 Å². The van der Waals surface area contributed by atoms with E-state index < -0.39 is 0 Å². The van der Waals surface area contributed by atoms with E-state index in [-0.39, 0.29) is 17.1 Å². The molecule has 3 aromatic heterocycles. The second-order valence-electron chi connectivity index (χ2n) is 26.6. The zero-order valence-corrected chi connectivity index (χ0v) is 51.7. The second kappa shape index (κ2) is 20.1. The van der Waals surface area contributed by atoms with Crippen LogP contribution in [-0.4, -0.2) is 24.8 Å². The van der Waals surface area contributed by atoms with Crippen molar-refractivity contribution < 1.29 is 0 Å². The van der Waals surface area contributed by atoms with Gasteiger partial charge in [-0.2, -0.15) is 0 Å². The lowest BCUT2D eigenvalue weighted by Gasteiger charge is -2.32. The summed E-state index contributed by atoms with van der Waals surface area (Å²) in [4.78, 5) is 10.9. The smallest absolute Gasteiger partial charge is 0.220 e. The number of rotatable bonds is 8. The lowest BCUT2D eigenvalue weighted by molar-refractivity contribution is 0.590. The van der Waals surface area contributed by atoms with Crippen LogP contribution >= 0.6 is 0 Å². The van der Waals surface area contributed by atoms with Gasteiger partial charge in [-0.05, 0) is 163 Å². The summed E-state index contributed by atoms with van der Waals surface area (Å²) in [7, 11) is 0. The van der Waals surface area contributed by atoms with Crippen LogP contribution in [-0.2, 0) is 10.8 Å². The fourth-order valence-corrected chi connectivity index (χ4v) is 14.5. The van der Waals surface area contributed by atoms with Gasteiger partial charge in [0.2, 0.25) is 5.78 Å². The molecule has 1 unspecified atom stereocenters. The molecular formula is C83H67N7. The quantitative estimate of drug-likeness (QED) is 0.165. The highest BCUT2D eigenvalue weighted by molar-refractivity contribution is 6.12. The minimum absolute atomic E-state index is 0.0798. The van der Waals surface area contributed by atoms with E-state index in [9.17, 15) is 0 Å². The molecule has 5 heterocycles. The van der Waals surface area contributed by atoms with E-state index in [2.05, 4.69) is 344 Å². The molecule has 0 spiro atoms. The monoisotopic (exact) mass is 1160 g/mol. The second-order valence-corrected chi connectivity index (χ2v) is 26.6. The van der Waals surface area contributed by atoms with Crippen LogP contribution in [0, 0.1) is 6.92 Å². The van der Waals surface area contributed by atoms with Crippen molar-refractivity contribution in [2.45, 2.75) is 65.6 Å². The summed E-state index contributed by atoms with van der Waals surface area (Å²) in [5, 5.41) is 6.61. The predicted molar refractivity (Wildman–Crippen MR) is 378 cm³/mol. The lowest BCUT2D eigenvalue weighted by atomic mass is 9.85. The first-order valence-electron chi connectivity index (χ1n) is 31.5. The molecule has 7 nitrogen and oxygen atoms in total. The van der Waals surface area contributed by atoms with Gasteiger partial charge >= 0.3 is 0 Å². The van der Waals surface area contributed by atoms with Crippen LogP contribution in [0.5, 0.6) is 0 Å². The summed E-state index contributed by atoms with van der Waals surface area (Å²) in [6, 6.07) is 98.8. The van der Waals surface area contributed by atoms with Gasteiger partial charge in [-0.15, -0.1) is 0 Å². The SMILES string of the molecule is Cc1c(-c2ccccc2)c(N2c3ccc(-c4ccccc4)cc3N3c4cc(-c5ccccc5)ccc4NC32)cc(-n2c3ccc(-c4ccccc4)cc3n3c4cc(-c5ccccc5)ccc4nc23)c1-n1c2ccc(C(C)(C)C)cc2c2cc(C(C)(C)C)ccc21. The molecule has 0 radical (unpaired) electrons. The Morgan fingerprint density at radius 2 is 0.800 bits per heavy atom. The number of anilines is 5. The van der Waals surface area contributed by atoms with Gasteiger partial charge < -0.3 is 14.8 Å². The number of hydrogen-bond donors (Lipinski definition) is 1. The van der Waals surface area contributed by atoms with E-state index in [4.69, 9.17) is 4.98 Å². The summed E-state index contributed by atoms with van der Waals surface area (Å²) < 4.78 is 7.49. The van der Waals surface area contributed by atoms with Crippen LogP contribution in [0.4, 0.5) is 28.4 Å². The van der Waals surface area contributed by atoms with E-state index in [0.717, 1.165) is 123 Å². The largest absolute Gasteiger partial charge is 0.346 e. The van der Waals surface area contributed by atoms with Crippen LogP contribution in [0.3, 0.4) is 0 Å². The maximum Gasteiger partial charge on any atom is 0.220 e. The van der Waals surface area contributed by atoms with Gasteiger partial charge in [-0.3, -0.25) is 13.9 Å². The highest BCUT2D eigenvalue weighted by atomic mass is 15.5. The molecule has 434 valence electrons. The summed E-state index contributed by atoms with van der Waals surface area (Å²) in [5.74, 6) is 0.830. The van der Waals surface area contributed by atoms with Gasteiger partial charge in [-0.1, -0.05) is 230 Å². The van der Waals surface area contributed by atoms with Gasteiger partial charge in [0.1, 0.15) is 0 Å². The van der Waals surface area contributed by atoms with E-state index in [1.54, 1.807) is 0 Å². The Kier molecular flexibility index (Phi) is 11.9. The van der Waals surface area contributed by atoms with Crippen molar-refractivity contribution in [1.82, 2.24) is 18.5 Å². The van der Waals surface area contributed by atoms with E-state index in [1.165, 1.54) is 38.6 Å². The summed E-state index contributed by atoms with van der Waals surface area (Å²) in [5.41, 5.74) is 29.1. The Labute approximate surface area is 525 Å². The number of imidazole rings is 2. The molecule has 2 aliphatic rings. The third-order valence-electron chi connectivity index (χ3n) is 19.0. The van der Waals surface area contributed by atoms with E-state index in [1.807, 2.05) is 0 Å². The predicted octanol–water partition coefficient (Wildman–Crippen LogP) is 21.8. The zero-order chi connectivity index (χ0) is 60.7. The highest BCUT2D eigenvalue weighted by Gasteiger charge is 2.45. The van der Waals surface area contributed by atoms with Gasteiger partial charge in [0, 0.05) is 16.3 Å². The number of nitrogens with zero attached hydrogens (tertiary/aromatic N) is 6. The number of aromatic nitrogens is 4. The van der Waals surface area contributed by atoms with Crippen LogP contribution < -0.4 is 15.1 Å². The van der Waals surface area contributed by atoms with Crippen LogP contribution in [0.15, 0.2) is 267 Å². The molecule has 0 saturated heterocycles. The maximum absolute atomic E-state index is 5.80. The molecule has 90 heavy (non-hydrogen) atoms. The third kappa shape index (κ3) is 8.36. The van der Waals surface area contributed by atoms with Crippen molar-refractivity contribution in [1.29, 1.82) is 0 Å². The molecule has 0 fully saturated rings. The maximum atomic E-state index is 5.80. The first-order chi connectivity index (χ1) is 43.8. The summed E-state index contributed by atoms with van der Waals surface area (Å²) in [6.45, 7) is 16.3. The van der Waals surface area contributed by atoms with Gasteiger partial charge in [-0.25, -0.2) is 4.98 Å². The number of fused-ring (bicyclic) bond motifs is 13. The molecule has 0 aliphatic carbocycles. The molecular weight excluding hydrogens is 1090 g/mol. The number of nitrogens with one attached hydrogen (secondary N) is 1. The standard InChI is InChI=1S/C83H67N7/c1-52-78(57-31-21-12-22-32-57)76(87-70-41-35-60(55-27-17-10-18-28-55)47-74(70)89-72-45-58(53-23-13-8-14-24-53)33-39-66(72)84-80(87)89)51-77(79(52)86-68-43-37-62(82(2,3)4)49-64(68)65-50-63(83(5,6)7)38-44-69(65)86)88-71-42-36-61(56-29-19-11-20-30-56)48-75(71)90-73-46-59(54-25-15-9-16-26-54)34-40-67(73)85-81(88)90/h8-51,80,84H,1-7H3. The normalized spacial score (nSPS) is 13.9. The highest BCUT2D eigenvalue weighted by Crippen LogP contribution is 2.58. The van der Waals surface area contributed by atoms with Crippen LogP contribution in [0.25, 0.3) is 117 Å². The molecule has 17 rings (SSSR count). The molecule has 0 bridgehead atoms. The molecule has 0 saturated carbocycles. The average molecular weight is 1160 g/mol. The molecule has 1 atom stereocenters. The van der Waals surface area contributed by atoms with Crippen LogP contribution in [0.1, 0.15) is 58.2 Å². The molecule has 15 aromatic rings. The molecule has 2 aliphatic heterocycles. The number of hydrogen-bond acceptors (Lipinski definition) is 4. The molecule has 0 amide bonds. The van der Waals surface area contributed by atoms with Crippen LogP contribution in [0.2, 0.25) is 0 Å². The number of benzene rings is 12. The Bertz CT molecular complexity index is 5280. The van der Waals surface area contributed by atoms with Crippen molar-refractivity contribution in [3.63, 3.8) is 0 Å². The Balaban J connectivity index is 1.02. The van der Waals surface area contributed by atoms with Crippen molar-refractivity contribution in [3.05, 3.63) is 284 Å². The minimum Gasteiger partial charge on any atom is -0.346 e. The summed E-state index contributed by atoms with van der Waals surface area (Å²) >= 11 is 0. The lowest BCUT2D eigenvalue weighted by Crippen LogP contribution is -2.40.